The fourth-order valence-electron chi connectivity index (χ4n) is 2.32. The number of aryl methyl sites for hydroxylation is 1. The summed E-state index contributed by atoms with van der Waals surface area (Å²) in [5.74, 6) is 1.30. The summed E-state index contributed by atoms with van der Waals surface area (Å²) in [6, 6.07) is 11.2. The molecular formula is C19H20N2O3S. The van der Waals surface area contributed by atoms with Crippen molar-refractivity contribution in [2.45, 2.75) is 26.7 Å². The summed E-state index contributed by atoms with van der Waals surface area (Å²) < 4.78 is 11.4. The van der Waals surface area contributed by atoms with Gasteiger partial charge in [0.2, 0.25) is 5.89 Å². The number of aromatic nitrogens is 1. The summed E-state index contributed by atoms with van der Waals surface area (Å²) in [5, 5.41) is 4.81. The van der Waals surface area contributed by atoms with E-state index in [-0.39, 0.29) is 11.6 Å². The molecule has 1 aromatic carbocycles. The van der Waals surface area contributed by atoms with E-state index in [1.54, 1.807) is 6.92 Å². The van der Waals surface area contributed by atoms with Crippen molar-refractivity contribution in [3.63, 3.8) is 0 Å². The third-order valence-electron chi connectivity index (χ3n) is 3.63. The van der Waals surface area contributed by atoms with Crippen LogP contribution in [0.2, 0.25) is 0 Å². The molecule has 0 aliphatic carbocycles. The minimum absolute atomic E-state index is 0.284. The van der Waals surface area contributed by atoms with E-state index in [9.17, 15) is 4.79 Å². The van der Waals surface area contributed by atoms with Gasteiger partial charge in [0.25, 0.3) is 5.91 Å². The number of benzene rings is 1. The fraction of sp³-hybridized carbons (Fsp3) is 0.263. The van der Waals surface area contributed by atoms with Crippen molar-refractivity contribution in [3.05, 3.63) is 53.2 Å². The summed E-state index contributed by atoms with van der Waals surface area (Å²) in [4.78, 5) is 17.9. The van der Waals surface area contributed by atoms with Gasteiger partial charge in [0.05, 0.1) is 17.2 Å². The van der Waals surface area contributed by atoms with Gasteiger partial charge >= 0.3 is 0 Å². The zero-order valence-corrected chi connectivity index (χ0v) is 15.1. The Morgan fingerprint density at radius 2 is 2.12 bits per heavy atom. The quantitative estimate of drug-likeness (QED) is 0.595. The second-order valence-electron chi connectivity index (χ2n) is 5.55. The lowest BCUT2D eigenvalue weighted by molar-refractivity contribution is 0.102. The molecule has 3 aromatic rings. The average molecular weight is 356 g/mol. The maximum atomic E-state index is 12.6. The number of rotatable bonds is 7. The molecule has 6 heteroatoms. The molecule has 0 unspecified atom stereocenters. The van der Waals surface area contributed by atoms with E-state index in [1.807, 2.05) is 41.8 Å². The first kappa shape index (κ1) is 17.2. The Bertz CT molecular complexity index is 840. The van der Waals surface area contributed by atoms with Crippen LogP contribution in [0.15, 0.2) is 46.2 Å². The highest BCUT2D eigenvalue weighted by molar-refractivity contribution is 7.13. The third-order valence-corrected chi connectivity index (χ3v) is 4.49. The topological polar surface area (TPSA) is 64.4 Å². The molecule has 1 amide bonds. The van der Waals surface area contributed by atoms with E-state index >= 15 is 0 Å². The fourth-order valence-corrected chi connectivity index (χ4v) is 2.97. The van der Waals surface area contributed by atoms with Crippen molar-refractivity contribution < 1.29 is 13.9 Å². The molecule has 0 bridgehead atoms. The Kier molecular flexibility index (Phi) is 5.50. The molecule has 0 atom stereocenters. The predicted molar refractivity (Wildman–Crippen MR) is 99.4 cm³/mol. The largest absolute Gasteiger partial charge is 0.491 e. The van der Waals surface area contributed by atoms with Gasteiger partial charge in [-0.05, 0) is 36.9 Å². The number of carbonyl (C=O) groups is 1. The SMILES string of the molecule is CCCCOc1ccccc1NC(=O)c1nc(-c2cccs2)oc1C. The van der Waals surface area contributed by atoms with Crippen LogP contribution in [0.3, 0.4) is 0 Å². The molecule has 3 rings (SSSR count). The Labute approximate surface area is 150 Å². The summed E-state index contributed by atoms with van der Waals surface area (Å²) in [6.45, 7) is 4.47. The number of nitrogens with zero attached hydrogens (tertiary/aromatic N) is 1. The average Bonchev–Trinajstić information content (AvgIpc) is 3.26. The summed E-state index contributed by atoms with van der Waals surface area (Å²) >= 11 is 1.52. The van der Waals surface area contributed by atoms with Crippen LogP contribution < -0.4 is 10.1 Å². The van der Waals surface area contributed by atoms with Gasteiger partial charge in [0.1, 0.15) is 11.5 Å². The highest BCUT2D eigenvalue weighted by Crippen LogP contribution is 2.28. The molecule has 2 aromatic heterocycles. The highest BCUT2D eigenvalue weighted by Gasteiger charge is 2.19. The van der Waals surface area contributed by atoms with Gasteiger partial charge in [0.15, 0.2) is 5.69 Å². The first-order chi connectivity index (χ1) is 12.2. The van der Waals surface area contributed by atoms with E-state index in [0.29, 0.717) is 29.7 Å². The van der Waals surface area contributed by atoms with Crippen LogP contribution in [0.25, 0.3) is 10.8 Å². The van der Waals surface area contributed by atoms with Gasteiger partial charge in [-0.2, -0.15) is 0 Å². The monoisotopic (exact) mass is 356 g/mol. The van der Waals surface area contributed by atoms with Crippen molar-refractivity contribution in [1.29, 1.82) is 0 Å². The van der Waals surface area contributed by atoms with Crippen LogP contribution in [-0.2, 0) is 0 Å². The van der Waals surface area contributed by atoms with Gasteiger partial charge in [-0.15, -0.1) is 11.3 Å². The van der Waals surface area contributed by atoms with E-state index < -0.39 is 0 Å². The molecule has 0 saturated heterocycles. The molecule has 0 aliphatic heterocycles. The zero-order valence-electron chi connectivity index (χ0n) is 14.2. The second kappa shape index (κ2) is 7.98. The predicted octanol–water partition coefficient (Wildman–Crippen LogP) is 5.14. The van der Waals surface area contributed by atoms with Gasteiger partial charge < -0.3 is 14.5 Å². The Morgan fingerprint density at radius 3 is 2.88 bits per heavy atom. The molecule has 0 spiro atoms. The standard InChI is InChI=1S/C19H20N2O3S/c1-3-4-11-23-15-9-6-5-8-14(15)20-18(22)17-13(2)24-19(21-17)16-10-7-12-25-16/h5-10,12H,3-4,11H2,1-2H3,(H,20,22). The van der Waals surface area contributed by atoms with Gasteiger partial charge in [-0.3, -0.25) is 4.79 Å². The molecule has 0 fully saturated rings. The molecule has 0 aliphatic rings. The number of para-hydroxylation sites is 2. The number of unbranched alkanes of at least 4 members (excludes halogenated alkanes) is 1. The lowest BCUT2D eigenvalue weighted by Crippen LogP contribution is -2.14. The molecule has 0 radical (unpaired) electrons. The van der Waals surface area contributed by atoms with Crippen molar-refractivity contribution in [3.8, 4) is 16.5 Å². The normalized spacial score (nSPS) is 10.6. The first-order valence-electron chi connectivity index (χ1n) is 8.23. The number of anilines is 1. The third kappa shape index (κ3) is 4.09. The minimum atomic E-state index is -0.310. The van der Waals surface area contributed by atoms with E-state index in [2.05, 4.69) is 17.2 Å². The number of nitrogens with one attached hydrogen (secondary N) is 1. The van der Waals surface area contributed by atoms with Crippen LogP contribution in [0.1, 0.15) is 36.0 Å². The smallest absolute Gasteiger partial charge is 0.278 e. The van der Waals surface area contributed by atoms with Crippen molar-refractivity contribution in [1.82, 2.24) is 4.98 Å². The summed E-state index contributed by atoms with van der Waals surface area (Å²) in [5.41, 5.74) is 0.912. The minimum Gasteiger partial charge on any atom is -0.491 e. The van der Waals surface area contributed by atoms with Crippen molar-refractivity contribution >= 4 is 22.9 Å². The molecule has 25 heavy (non-hydrogen) atoms. The van der Waals surface area contributed by atoms with Gasteiger partial charge in [-0.1, -0.05) is 31.5 Å². The van der Waals surface area contributed by atoms with Crippen LogP contribution in [0, 0.1) is 6.92 Å². The molecule has 2 heterocycles. The van der Waals surface area contributed by atoms with Crippen molar-refractivity contribution in [2.75, 3.05) is 11.9 Å². The lowest BCUT2D eigenvalue weighted by atomic mass is 10.2. The molecule has 130 valence electrons. The zero-order chi connectivity index (χ0) is 17.6. The molecular weight excluding hydrogens is 336 g/mol. The number of ether oxygens (including phenoxy) is 1. The number of oxazole rings is 1. The number of carbonyl (C=O) groups excluding carboxylic acids is 1. The highest BCUT2D eigenvalue weighted by atomic mass is 32.1. The molecule has 5 nitrogen and oxygen atoms in total. The maximum Gasteiger partial charge on any atom is 0.278 e. The van der Waals surface area contributed by atoms with Gasteiger partial charge in [0, 0.05) is 0 Å². The van der Waals surface area contributed by atoms with Crippen molar-refractivity contribution in [2.24, 2.45) is 0 Å². The van der Waals surface area contributed by atoms with Crippen LogP contribution in [0.5, 0.6) is 5.75 Å². The van der Waals surface area contributed by atoms with E-state index in [1.165, 1.54) is 11.3 Å². The Hall–Kier alpha value is -2.60. The van der Waals surface area contributed by atoms with Crippen LogP contribution in [-0.4, -0.2) is 17.5 Å². The second-order valence-corrected chi connectivity index (χ2v) is 6.50. The molecule has 1 N–H and O–H groups in total. The van der Waals surface area contributed by atoms with E-state index in [4.69, 9.17) is 9.15 Å². The number of amides is 1. The van der Waals surface area contributed by atoms with E-state index in [0.717, 1.165) is 17.7 Å². The first-order valence-corrected chi connectivity index (χ1v) is 9.11. The Morgan fingerprint density at radius 1 is 1.28 bits per heavy atom. The summed E-state index contributed by atoms with van der Waals surface area (Å²) in [7, 11) is 0. The Balaban J connectivity index is 1.77. The van der Waals surface area contributed by atoms with Crippen LogP contribution >= 0.6 is 11.3 Å². The number of thiophene rings is 1. The number of hydrogen-bond donors (Lipinski definition) is 1. The lowest BCUT2D eigenvalue weighted by Gasteiger charge is -2.11. The van der Waals surface area contributed by atoms with Gasteiger partial charge in [-0.25, -0.2) is 4.98 Å². The van der Waals surface area contributed by atoms with Crippen LogP contribution in [0.4, 0.5) is 5.69 Å². The number of hydrogen-bond acceptors (Lipinski definition) is 5. The maximum absolute atomic E-state index is 12.6. The summed E-state index contributed by atoms with van der Waals surface area (Å²) in [6.07, 6.45) is 2.02. The molecule has 0 saturated carbocycles.